The molecule has 1 aliphatic carbocycles. The van der Waals surface area contributed by atoms with Crippen LogP contribution in [-0.4, -0.2) is 42.0 Å². The molecule has 10 heteroatoms. The van der Waals surface area contributed by atoms with Crippen molar-refractivity contribution in [1.82, 2.24) is 9.80 Å². The standard InChI is InChI=1S/C21H21F6N3O/c1-13(19(31)29(2)3)30(12-15-6-4-5-7-17(15)20(22,23)24)16-9-8-14(11-28)18(10-16)21(25,26)27/h4-10,13-14,18H,12H2,1-3H3. The van der Waals surface area contributed by atoms with E-state index >= 15 is 0 Å². The van der Waals surface area contributed by atoms with Gasteiger partial charge in [0.2, 0.25) is 5.91 Å². The summed E-state index contributed by atoms with van der Waals surface area (Å²) in [6.07, 6.45) is -6.31. The van der Waals surface area contributed by atoms with Gasteiger partial charge in [0.25, 0.3) is 0 Å². The molecule has 3 atom stereocenters. The summed E-state index contributed by atoms with van der Waals surface area (Å²) in [5.41, 5.74) is -1.20. The molecule has 0 fully saturated rings. The lowest BCUT2D eigenvalue weighted by Crippen LogP contribution is -2.44. The van der Waals surface area contributed by atoms with Gasteiger partial charge in [-0.05, 0) is 30.7 Å². The highest BCUT2D eigenvalue weighted by atomic mass is 19.4. The van der Waals surface area contributed by atoms with Gasteiger partial charge in [0.15, 0.2) is 0 Å². The third-order valence-corrected chi connectivity index (χ3v) is 5.00. The fourth-order valence-corrected chi connectivity index (χ4v) is 3.36. The van der Waals surface area contributed by atoms with Crippen molar-refractivity contribution in [3.8, 4) is 6.07 Å². The average molecular weight is 445 g/mol. The maximum atomic E-state index is 13.5. The van der Waals surface area contributed by atoms with E-state index in [1.165, 1.54) is 55.1 Å². The minimum Gasteiger partial charge on any atom is -0.356 e. The number of likely N-dealkylation sites (N-methyl/N-ethyl adjacent to an activating group) is 1. The molecule has 1 aromatic rings. The smallest absolute Gasteiger partial charge is 0.356 e. The van der Waals surface area contributed by atoms with Crippen molar-refractivity contribution in [2.75, 3.05) is 14.1 Å². The van der Waals surface area contributed by atoms with Gasteiger partial charge in [0, 0.05) is 26.3 Å². The number of carbonyl (C=O) groups excluding carboxylic acids is 1. The number of halogens is 6. The summed E-state index contributed by atoms with van der Waals surface area (Å²) in [4.78, 5) is 14.9. The predicted molar refractivity (Wildman–Crippen MR) is 101 cm³/mol. The van der Waals surface area contributed by atoms with Crippen LogP contribution < -0.4 is 0 Å². The molecule has 4 nitrogen and oxygen atoms in total. The molecule has 1 aromatic carbocycles. The monoisotopic (exact) mass is 445 g/mol. The molecule has 2 rings (SSSR count). The van der Waals surface area contributed by atoms with Crippen molar-refractivity contribution in [3.05, 3.63) is 59.3 Å². The SMILES string of the molecule is CC(C(=O)N(C)C)N(Cc1ccccc1C(F)(F)F)C1=CC(C(F)(F)F)C(C#N)C=C1. The van der Waals surface area contributed by atoms with Crippen LogP contribution in [0.4, 0.5) is 26.3 Å². The first-order chi connectivity index (χ1) is 14.3. The largest absolute Gasteiger partial charge is 0.416 e. The molecule has 0 bridgehead atoms. The summed E-state index contributed by atoms with van der Waals surface area (Å²) in [7, 11) is 2.88. The normalized spacial score (nSPS) is 19.9. The first-order valence-electron chi connectivity index (χ1n) is 9.26. The summed E-state index contributed by atoms with van der Waals surface area (Å²) < 4.78 is 80.7. The van der Waals surface area contributed by atoms with Gasteiger partial charge in [0.1, 0.15) is 6.04 Å². The predicted octanol–water partition coefficient (Wildman–Crippen LogP) is 4.76. The maximum absolute atomic E-state index is 13.5. The van der Waals surface area contributed by atoms with Crippen LogP contribution in [0.2, 0.25) is 0 Å². The molecule has 0 N–H and O–H groups in total. The molecule has 1 aliphatic rings. The Balaban J connectivity index is 2.56. The molecule has 0 aliphatic heterocycles. The van der Waals surface area contributed by atoms with E-state index in [0.717, 1.165) is 18.2 Å². The number of nitriles is 1. The van der Waals surface area contributed by atoms with Crippen LogP contribution in [0.3, 0.4) is 0 Å². The summed E-state index contributed by atoms with van der Waals surface area (Å²) in [6, 6.07) is 5.21. The Morgan fingerprint density at radius 2 is 1.77 bits per heavy atom. The van der Waals surface area contributed by atoms with Crippen LogP contribution in [0.15, 0.2) is 48.2 Å². The second kappa shape index (κ2) is 9.04. The van der Waals surface area contributed by atoms with Crippen LogP contribution >= 0.6 is 0 Å². The van der Waals surface area contributed by atoms with E-state index in [2.05, 4.69) is 0 Å². The summed E-state index contributed by atoms with van der Waals surface area (Å²) in [5.74, 6) is -4.10. The Morgan fingerprint density at radius 1 is 1.16 bits per heavy atom. The number of amides is 1. The second-order valence-corrected chi connectivity index (χ2v) is 7.36. The summed E-state index contributed by atoms with van der Waals surface area (Å²) in [6.45, 7) is 0.959. The van der Waals surface area contributed by atoms with Crippen molar-refractivity contribution >= 4 is 5.91 Å². The number of alkyl halides is 6. The number of nitrogens with zero attached hydrogens (tertiary/aromatic N) is 3. The van der Waals surface area contributed by atoms with E-state index < -0.39 is 48.2 Å². The Kier molecular flexibility index (Phi) is 7.09. The van der Waals surface area contributed by atoms with Crippen LogP contribution in [0, 0.1) is 23.2 Å². The van der Waals surface area contributed by atoms with Crippen molar-refractivity contribution < 1.29 is 31.1 Å². The van der Waals surface area contributed by atoms with E-state index in [9.17, 15) is 31.1 Å². The molecular formula is C21H21F6N3O. The molecule has 0 heterocycles. The molecule has 0 radical (unpaired) electrons. The number of benzene rings is 1. The number of rotatable bonds is 5. The molecule has 0 saturated carbocycles. The molecule has 1 amide bonds. The van der Waals surface area contributed by atoms with Crippen molar-refractivity contribution in [3.63, 3.8) is 0 Å². The van der Waals surface area contributed by atoms with Gasteiger partial charge in [-0.1, -0.05) is 24.3 Å². The van der Waals surface area contributed by atoms with Crippen LogP contribution in [-0.2, 0) is 17.5 Å². The van der Waals surface area contributed by atoms with Crippen LogP contribution in [0.5, 0.6) is 0 Å². The quantitative estimate of drug-likeness (QED) is 0.615. The lowest BCUT2D eigenvalue weighted by atomic mass is 9.87. The lowest BCUT2D eigenvalue weighted by molar-refractivity contribution is -0.166. The van der Waals surface area contributed by atoms with Crippen LogP contribution in [0.1, 0.15) is 18.1 Å². The zero-order chi connectivity index (χ0) is 23.6. The number of carbonyl (C=O) groups is 1. The molecule has 168 valence electrons. The highest BCUT2D eigenvalue weighted by Crippen LogP contribution is 2.39. The van der Waals surface area contributed by atoms with Gasteiger partial charge in [-0.2, -0.15) is 31.6 Å². The lowest BCUT2D eigenvalue weighted by Gasteiger charge is -2.36. The third-order valence-electron chi connectivity index (χ3n) is 5.00. The molecular weight excluding hydrogens is 424 g/mol. The molecule has 31 heavy (non-hydrogen) atoms. The zero-order valence-electron chi connectivity index (χ0n) is 17.0. The van der Waals surface area contributed by atoms with E-state index in [0.29, 0.717) is 0 Å². The van der Waals surface area contributed by atoms with Gasteiger partial charge in [-0.25, -0.2) is 0 Å². The van der Waals surface area contributed by atoms with E-state index in [4.69, 9.17) is 5.26 Å². The van der Waals surface area contributed by atoms with Gasteiger partial charge < -0.3 is 9.80 Å². The number of hydrogen-bond donors (Lipinski definition) is 0. The van der Waals surface area contributed by atoms with Gasteiger partial charge in [-0.3, -0.25) is 4.79 Å². The van der Waals surface area contributed by atoms with Crippen LogP contribution in [0.25, 0.3) is 0 Å². The minimum absolute atomic E-state index is 0.0755. The third kappa shape index (κ3) is 5.60. The molecule has 0 spiro atoms. The zero-order valence-corrected chi connectivity index (χ0v) is 17.0. The Hall–Kier alpha value is -2.96. The maximum Gasteiger partial charge on any atom is 0.416 e. The van der Waals surface area contributed by atoms with E-state index in [-0.39, 0.29) is 11.3 Å². The Morgan fingerprint density at radius 3 is 2.29 bits per heavy atom. The summed E-state index contributed by atoms with van der Waals surface area (Å²) >= 11 is 0. The number of allylic oxidation sites excluding steroid dienone is 3. The second-order valence-electron chi connectivity index (χ2n) is 7.36. The van der Waals surface area contributed by atoms with E-state index in [1.807, 2.05) is 0 Å². The first kappa shape index (κ1) is 24.3. The number of hydrogen-bond acceptors (Lipinski definition) is 3. The minimum atomic E-state index is -4.74. The fourth-order valence-electron chi connectivity index (χ4n) is 3.36. The Labute approximate surface area is 176 Å². The van der Waals surface area contributed by atoms with Crippen molar-refractivity contribution in [2.45, 2.75) is 31.9 Å². The van der Waals surface area contributed by atoms with Crippen molar-refractivity contribution in [2.24, 2.45) is 11.8 Å². The summed E-state index contributed by atoms with van der Waals surface area (Å²) in [5, 5.41) is 9.05. The highest BCUT2D eigenvalue weighted by Gasteiger charge is 2.45. The average Bonchev–Trinajstić information content (AvgIpc) is 2.69. The highest BCUT2D eigenvalue weighted by molar-refractivity contribution is 5.81. The molecule has 0 saturated heterocycles. The van der Waals surface area contributed by atoms with Gasteiger partial charge >= 0.3 is 12.4 Å². The molecule has 3 unspecified atom stereocenters. The van der Waals surface area contributed by atoms with Gasteiger partial charge in [0.05, 0.1) is 23.5 Å². The Bertz CT molecular complexity index is 911. The first-order valence-corrected chi connectivity index (χ1v) is 9.26. The topological polar surface area (TPSA) is 47.3 Å². The molecule has 0 aromatic heterocycles. The van der Waals surface area contributed by atoms with Gasteiger partial charge in [-0.15, -0.1) is 0 Å². The van der Waals surface area contributed by atoms with Crippen molar-refractivity contribution in [1.29, 1.82) is 5.26 Å². The fraction of sp³-hybridized carbons (Fsp3) is 0.429. The van der Waals surface area contributed by atoms with E-state index in [1.54, 1.807) is 6.07 Å².